The molecule has 1 aliphatic rings. The normalized spacial score (nSPS) is 14.0. The number of para-hydroxylation sites is 1. The number of nitrogens with one attached hydrogen (secondary N) is 1. The highest BCUT2D eigenvalue weighted by molar-refractivity contribution is 5.96. The number of piperidine rings is 1. The molecule has 9 heteroatoms. The van der Waals surface area contributed by atoms with Gasteiger partial charge in [-0.15, -0.1) is 0 Å². The number of anilines is 1. The van der Waals surface area contributed by atoms with E-state index in [0.717, 1.165) is 53.6 Å². The highest BCUT2D eigenvalue weighted by Crippen LogP contribution is 2.31. The minimum atomic E-state index is -0.464. The lowest BCUT2D eigenvalue weighted by Crippen LogP contribution is -2.39. The number of hydrogen-bond donors (Lipinski definition) is 3. The molecule has 0 unspecified atom stereocenters. The summed E-state index contributed by atoms with van der Waals surface area (Å²) < 4.78 is 15.9. The highest BCUT2D eigenvalue weighted by atomic mass is 19.1. The van der Waals surface area contributed by atoms with E-state index in [1.165, 1.54) is 18.2 Å². The van der Waals surface area contributed by atoms with E-state index in [1.807, 2.05) is 61.5 Å². The van der Waals surface area contributed by atoms with Gasteiger partial charge in [0.1, 0.15) is 11.6 Å². The number of carbonyl (C=O) groups is 1. The van der Waals surface area contributed by atoms with Gasteiger partial charge in [0.05, 0.1) is 35.3 Å². The molecule has 4 N–H and O–H groups in total. The maximum Gasteiger partial charge on any atom is 0.251 e. The van der Waals surface area contributed by atoms with Crippen molar-refractivity contribution >= 4 is 22.5 Å². The molecule has 0 bridgehead atoms. The number of nitrogens with zero attached hydrogens (tertiary/aromatic N) is 4. The minimum absolute atomic E-state index is 0.0561. The number of nitrogens with two attached hydrogens (primary N) is 1. The van der Waals surface area contributed by atoms with E-state index in [-0.39, 0.29) is 24.2 Å². The van der Waals surface area contributed by atoms with Crippen LogP contribution in [-0.2, 0) is 6.54 Å². The van der Waals surface area contributed by atoms with Crippen molar-refractivity contribution in [2.75, 3.05) is 18.0 Å². The van der Waals surface area contributed by atoms with Gasteiger partial charge in [0, 0.05) is 47.4 Å². The fraction of sp³-hybridized carbons (Fsp3) is 0.219. The smallest absolute Gasteiger partial charge is 0.251 e. The van der Waals surface area contributed by atoms with Crippen LogP contribution in [0.15, 0.2) is 79.0 Å². The Balaban J connectivity index is 1.27. The van der Waals surface area contributed by atoms with Crippen molar-refractivity contribution in [1.82, 2.24) is 20.1 Å². The van der Waals surface area contributed by atoms with Crippen LogP contribution in [0.4, 0.5) is 10.1 Å². The fourth-order valence-corrected chi connectivity index (χ4v) is 5.47. The number of rotatable bonds is 6. The van der Waals surface area contributed by atoms with Crippen LogP contribution in [0.25, 0.3) is 27.8 Å². The standard InChI is InChI=1S/C32H31FN6O2/c1-20-12-22(28-17-26(19-36-37-28)38-10-8-25(34)9-11-38)14-23(13-20)32(41)35-18-27-15-21-4-2-3-5-29(21)39(27)30-16-24(33)6-7-31(30)40/h2-7,12-17,19,25,40H,8-11,18,34H2,1H3,(H,35,41). The molecule has 3 aromatic carbocycles. The molecular formula is C32H31FN6O2. The van der Waals surface area contributed by atoms with Gasteiger partial charge in [-0.25, -0.2) is 4.39 Å². The van der Waals surface area contributed by atoms with Crippen molar-refractivity contribution in [3.8, 4) is 22.7 Å². The van der Waals surface area contributed by atoms with E-state index in [2.05, 4.69) is 20.4 Å². The Morgan fingerprint density at radius 2 is 1.88 bits per heavy atom. The summed E-state index contributed by atoms with van der Waals surface area (Å²) >= 11 is 0. The number of phenolic OH excluding ortho intramolecular Hbond substituents is 1. The molecule has 208 valence electrons. The van der Waals surface area contributed by atoms with Gasteiger partial charge in [0.15, 0.2) is 0 Å². The number of halogens is 1. The third-order valence-electron chi connectivity index (χ3n) is 7.58. The van der Waals surface area contributed by atoms with Crippen LogP contribution in [0.1, 0.15) is 34.5 Å². The average Bonchev–Trinajstić information content (AvgIpc) is 3.35. The SMILES string of the molecule is Cc1cc(C(=O)NCc2cc3ccccc3n2-c2cc(F)ccc2O)cc(-c2cc(N3CCC(N)CC3)cnn2)c1. The summed E-state index contributed by atoms with van der Waals surface area (Å²) in [4.78, 5) is 15.7. The van der Waals surface area contributed by atoms with Gasteiger partial charge in [-0.2, -0.15) is 10.2 Å². The summed E-state index contributed by atoms with van der Waals surface area (Å²) in [5.74, 6) is -0.780. The summed E-state index contributed by atoms with van der Waals surface area (Å²) in [6.07, 6.45) is 3.63. The molecule has 0 aliphatic carbocycles. The molecule has 3 heterocycles. The number of amides is 1. The molecule has 1 saturated heterocycles. The minimum Gasteiger partial charge on any atom is -0.506 e. The van der Waals surface area contributed by atoms with Crippen molar-refractivity contribution in [3.05, 3.63) is 102 Å². The van der Waals surface area contributed by atoms with Crippen molar-refractivity contribution in [2.45, 2.75) is 32.4 Å². The second-order valence-electron chi connectivity index (χ2n) is 10.6. The van der Waals surface area contributed by atoms with Crippen LogP contribution in [0.3, 0.4) is 0 Å². The first-order chi connectivity index (χ1) is 19.9. The monoisotopic (exact) mass is 550 g/mol. The van der Waals surface area contributed by atoms with Crippen molar-refractivity contribution < 1.29 is 14.3 Å². The molecule has 2 aromatic heterocycles. The molecule has 6 rings (SSSR count). The molecule has 0 radical (unpaired) electrons. The van der Waals surface area contributed by atoms with Gasteiger partial charge < -0.3 is 25.6 Å². The largest absolute Gasteiger partial charge is 0.506 e. The number of benzene rings is 3. The summed E-state index contributed by atoms with van der Waals surface area (Å²) in [5, 5.41) is 23.0. The number of fused-ring (bicyclic) bond motifs is 1. The Morgan fingerprint density at radius 1 is 1.07 bits per heavy atom. The maximum atomic E-state index is 14.2. The van der Waals surface area contributed by atoms with Crippen LogP contribution in [0.5, 0.6) is 5.75 Å². The van der Waals surface area contributed by atoms with Crippen molar-refractivity contribution in [1.29, 1.82) is 0 Å². The molecule has 0 spiro atoms. The molecule has 0 atom stereocenters. The second-order valence-corrected chi connectivity index (χ2v) is 10.6. The van der Waals surface area contributed by atoms with Gasteiger partial charge in [-0.1, -0.05) is 18.2 Å². The predicted molar refractivity (Wildman–Crippen MR) is 158 cm³/mol. The van der Waals surface area contributed by atoms with Crippen molar-refractivity contribution in [3.63, 3.8) is 0 Å². The lowest BCUT2D eigenvalue weighted by atomic mass is 10.0. The number of carbonyl (C=O) groups excluding carboxylic acids is 1. The van der Waals surface area contributed by atoms with Gasteiger partial charge in [0.2, 0.25) is 0 Å². The first-order valence-electron chi connectivity index (χ1n) is 13.7. The molecule has 0 saturated carbocycles. The Kier molecular flexibility index (Phi) is 7.11. The predicted octanol–water partition coefficient (Wildman–Crippen LogP) is 5.10. The highest BCUT2D eigenvalue weighted by Gasteiger charge is 2.19. The Bertz CT molecular complexity index is 1740. The van der Waals surface area contributed by atoms with Crippen LogP contribution < -0.4 is 16.0 Å². The molecule has 1 aliphatic heterocycles. The first-order valence-corrected chi connectivity index (χ1v) is 13.7. The van der Waals surface area contributed by atoms with E-state index in [4.69, 9.17) is 5.73 Å². The molecule has 1 amide bonds. The third-order valence-corrected chi connectivity index (χ3v) is 7.58. The summed E-state index contributed by atoms with van der Waals surface area (Å²) in [6, 6.07) is 21.2. The van der Waals surface area contributed by atoms with E-state index in [0.29, 0.717) is 22.6 Å². The Morgan fingerprint density at radius 3 is 2.71 bits per heavy atom. The van der Waals surface area contributed by atoms with E-state index in [9.17, 15) is 14.3 Å². The lowest BCUT2D eigenvalue weighted by molar-refractivity contribution is 0.0950. The van der Waals surface area contributed by atoms with Crippen LogP contribution in [0, 0.1) is 12.7 Å². The molecule has 5 aromatic rings. The molecule has 8 nitrogen and oxygen atoms in total. The molecule has 1 fully saturated rings. The number of aromatic hydroxyl groups is 1. The Labute approximate surface area is 237 Å². The second kappa shape index (κ2) is 11.0. The van der Waals surface area contributed by atoms with Crippen LogP contribution >= 0.6 is 0 Å². The number of hydrogen-bond acceptors (Lipinski definition) is 6. The average molecular weight is 551 g/mol. The van der Waals surface area contributed by atoms with Gasteiger partial charge in [-0.05, 0) is 73.9 Å². The molecular weight excluding hydrogens is 519 g/mol. The lowest BCUT2D eigenvalue weighted by Gasteiger charge is -2.31. The maximum absolute atomic E-state index is 14.2. The Hall–Kier alpha value is -4.76. The summed E-state index contributed by atoms with van der Waals surface area (Å²) in [5.41, 5.74) is 11.8. The zero-order valence-electron chi connectivity index (χ0n) is 22.7. The van der Waals surface area contributed by atoms with Gasteiger partial charge in [-0.3, -0.25) is 4.79 Å². The van der Waals surface area contributed by atoms with Crippen LogP contribution in [0.2, 0.25) is 0 Å². The van der Waals surface area contributed by atoms with Gasteiger partial charge >= 0.3 is 0 Å². The zero-order chi connectivity index (χ0) is 28.5. The fourth-order valence-electron chi connectivity index (χ4n) is 5.47. The summed E-state index contributed by atoms with van der Waals surface area (Å²) in [6.45, 7) is 3.85. The third kappa shape index (κ3) is 5.49. The zero-order valence-corrected chi connectivity index (χ0v) is 22.7. The topological polar surface area (TPSA) is 109 Å². The van der Waals surface area contributed by atoms with E-state index < -0.39 is 5.82 Å². The first kappa shape index (κ1) is 26.5. The number of phenols is 1. The number of aromatic nitrogens is 3. The molecule has 41 heavy (non-hydrogen) atoms. The van der Waals surface area contributed by atoms with Crippen LogP contribution in [-0.4, -0.2) is 44.9 Å². The summed E-state index contributed by atoms with van der Waals surface area (Å²) in [7, 11) is 0. The van der Waals surface area contributed by atoms with E-state index >= 15 is 0 Å². The van der Waals surface area contributed by atoms with E-state index in [1.54, 1.807) is 10.8 Å². The van der Waals surface area contributed by atoms with Gasteiger partial charge in [0.25, 0.3) is 5.91 Å². The quantitative estimate of drug-likeness (QED) is 0.272. The number of aryl methyl sites for hydroxylation is 1. The van der Waals surface area contributed by atoms with Crippen molar-refractivity contribution in [2.24, 2.45) is 5.73 Å².